The molecule has 3 aromatic rings. The molecule has 1 aliphatic heterocycles. The van der Waals surface area contributed by atoms with Crippen LogP contribution in [0.5, 0.6) is 0 Å². The first-order valence-electron chi connectivity index (χ1n) is 8.92. The molecule has 0 unspecified atom stereocenters. The van der Waals surface area contributed by atoms with Gasteiger partial charge in [-0.25, -0.2) is 4.98 Å². The number of rotatable bonds is 3. The maximum Gasteiger partial charge on any atom is 0.261 e. The largest absolute Gasteiger partial charge is 0.354 e. The van der Waals surface area contributed by atoms with Crippen LogP contribution in [0.2, 0.25) is 0 Å². The number of anilines is 1. The summed E-state index contributed by atoms with van der Waals surface area (Å²) < 4.78 is 5.33. The number of carbonyl (C=O) groups is 1. The molecule has 1 saturated heterocycles. The van der Waals surface area contributed by atoms with Crippen LogP contribution in [-0.4, -0.2) is 57.1 Å². The van der Waals surface area contributed by atoms with Gasteiger partial charge in [-0.15, -0.1) is 0 Å². The molecule has 8 heteroatoms. The highest BCUT2D eigenvalue weighted by molar-refractivity contribution is 5.94. The van der Waals surface area contributed by atoms with Gasteiger partial charge in [0.2, 0.25) is 0 Å². The van der Waals surface area contributed by atoms with Crippen LogP contribution in [0.1, 0.15) is 22.6 Å². The molecule has 1 amide bonds. The molecule has 1 fully saturated rings. The standard InChI is InChI=1S/C19H20N6O2/c1-14-22-18(27-23-14)16-4-2-7-21-17(16)24-10-3-11-25(13-12-24)19(26)15-5-8-20-9-6-15/h2,4-9H,3,10-13H2,1H3. The lowest BCUT2D eigenvalue weighted by atomic mass is 10.2. The molecule has 138 valence electrons. The third-order valence-corrected chi connectivity index (χ3v) is 4.55. The highest BCUT2D eigenvalue weighted by Gasteiger charge is 2.23. The first kappa shape index (κ1) is 17.1. The van der Waals surface area contributed by atoms with Crippen molar-refractivity contribution in [2.75, 3.05) is 31.1 Å². The van der Waals surface area contributed by atoms with Gasteiger partial charge in [-0.2, -0.15) is 4.98 Å². The van der Waals surface area contributed by atoms with Crippen LogP contribution in [0, 0.1) is 6.92 Å². The molecular formula is C19H20N6O2. The highest BCUT2D eigenvalue weighted by Crippen LogP contribution is 2.28. The molecule has 0 aromatic carbocycles. The number of hydrogen-bond acceptors (Lipinski definition) is 7. The number of pyridine rings is 2. The van der Waals surface area contributed by atoms with Crippen molar-refractivity contribution in [2.45, 2.75) is 13.3 Å². The van der Waals surface area contributed by atoms with Crippen LogP contribution in [0.3, 0.4) is 0 Å². The van der Waals surface area contributed by atoms with E-state index in [0.29, 0.717) is 36.9 Å². The number of hydrogen-bond donors (Lipinski definition) is 0. The second-order valence-electron chi connectivity index (χ2n) is 6.39. The second kappa shape index (κ2) is 7.53. The SMILES string of the molecule is Cc1noc(-c2cccnc2N2CCCN(C(=O)c3ccncc3)CC2)n1. The minimum Gasteiger partial charge on any atom is -0.354 e. The van der Waals surface area contributed by atoms with E-state index in [0.717, 1.165) is 24.3 Å². The van der Waals surface area contributed by atoms with E-state index in [4.69, 9.17) is 4.52 Å². The van der Waals surface area contributed by atoms with E-state index < -0.39 is 0 Å². The summed E-state index contributed by atoms with van der Waals surface area (Å²) in [6, 6.07) is 7.29. The molecule has 27 heavy (non-hydrogen) atoms. The Bertz CT molecular complexity index is 927. The molecule has 3 aromatic heterocycles. The zero-order chi connectivity index (χ0) is 18.6. The first-order valence-corrected chi connectivity index (χ1v) is 8.92. The summed E-state index contributed by atoms with van der Waals surface area (Å²) in [5, 5.41) is 3.88. The van der Waals surface area contributed by atoms with Gasteiger partial charge >= 0.3 is 0 Å². The monoisotopic (exact) mass is 364 g/mol. The Morgan fingerprint density at radius 3 is 2.70 bits per heavy atom. The van der Waals surface area contributed by atoms with Crippen molar-refractivity contribution in [3.05, 3.63) is 54.2 Å². The average molecular weight is 364 g/mol. The van der Waals surface area contributed by atoms with Gasteiger partial charge in [-0.1, -0.05) is 5.16 Å². The Labute approximate surface area is 156 Å². The molecule has 0 bridgehead atoms. The third kappa shape index (κ3) is 3.64. The zero-order valence-corrected chi connectivity index (χ0v) is 15.1. The smallest absolute Gasteiger partial charge is 0.261 e. The number of aryl methyl sites for hydroxylation is 1. The van der Waals surface area contributed by atoms with Gasteiger partial charge in [0, 0.05) is 50.3 Å². The molecule has 0 N–H and O–H groups in total. The van der Waals surface area contributed by atoms with Gasteiger partial charge in [-0.05, 0) is 37.6 Å². The number of nitrogens with zero attached hydrogens (tertiary/aromatic N) is 6. The maximum absolute atomic E-state index is 12.7. The Morgan fingerprint density at radius 1 is 1.07 bits per heavy atom. The second-order valence-corrected chi connectivity index (χ2v) is 6.39. The summed E-state index contributed by atoms with van der Waals surface area (Å²) in [7, 11) is 0. The summed E-state index contributed by atoms with van der Waals surface area (Å²) in [5.74, 6) is 1.89. The van der Waals surface area contributed by atoms with E-state index in [-0.39, 0.29) is 5.91 Å². The van der Waals surface area contributed by atoms with Crippen LogP contribution in [0.25, 0.3) is 11.5 Å². The van der Waals surface area contributed by atoms with E-state index in [2.05, 4.69) is 25.0 Å². The van der Waals surface area contributed by atoms with Crippen molar-refractivity contribution in [2.24, 2.45) is 0 Å². The van der Waals surface area contributed by atoms with Gasteiger partial charge in [0.05, 0.1) is 5.56 Å². The fourth-order valence-corrected chi connectivity index (χ4v) is 3.23. The Balaban J connectivity index is 1.53. The lowest BCUT2D eigenvalue weighted by Gasteiger charge is -2.24. The molecular weight excluding hydrogens is 344 g/mol. The van der Waals surface area contributed by atoms with Gasteiger partial charge in [0.25, 0.3) is 11.8 Å². The lowest BCUT2D eigenvalue weighted by Crippen LogP contribution is -2.35. The highest BCUT2D eigenvalue weighted by atomic mass is 16.5. The van der Waals surface area contributed by atoms with E-state index in [1.807, 2.05) is 17.0 Å². The van der Waals surface area contributed by atoms with Crippen molar-refractivity contribution >= 4 is 11.7 Å². The van der Waals surface area contributed by atoms with Crippen LogP contribution in [-0.2, 0) is 0 Å². The topological polar surface area (TPSA) is 88.3 Å². The van der Waals surface area contributed by atoms with Gasteiger partial charge in [0.1, 0.15) is 5.82 Å². The first-order chi connectivity index (χ1) is 13.2. The minimum absolute atomic E-state index is 0.0352. The predicted molar refractivity (Wildman–Crippen MR) is 99.2 cm³/mol. The molecule has 4 rings (SSSR count). The minimum atomic E-state index is 0.0352. The van der Waals surface area contributed by atoms with Crippen molar-refractivity contribution in [1.82, 2.24) is 25.0 Å². The number of carbonyl (C=O) groups excluding carboxylic acids is 1. The van der Waals surface area contributed by atoms with Crippen molar-refractivity contribution in [1.29, 1.82) is 0 Å². The average Bonchev–Trinajstić information content (AvgIpc) is 3.00. The van der Waals surface area contributed by atoms with Crippen molar-refractivity contribution < 1.29 is 9.32 Å². The maximum atomic E-state index is 12.7. The van der Waals surface area contributed by atoms with E-state index in [1.165, 1.54) is 0 Å². The molecule has 8 nitrogen and oxygen atoms in total. The van der Waals surface area contributed by atoms with Crippen LogP contribution < -0.4 is 4.90 Å². The molecule has 0 spiro atoms. The normalized spacial score (nSPS) is 14.9. The molecule has 0 aliphatic carbocycles. The summed E-state index contributed by atoms with van der Waals surface area (Å²) in [4.78, 5) is 29.6. The van der Waals surface area contributed by atoms with Crippen molar-refractivity contribution in [3.63, 3.8) is 0 Å². The van der Waals surface area contributed by atoms with Crippen LogP contribution in [0.4, 0.5) is 5.82 Å². The van der Waals surface area contributed by atoms with Gasteiger partial charge < -0.3 is 14.3 Å². The fourth-order valence-electron chi connectivity index (χ4n) is 3.23. The summed E-state index contributed by atoms with van der Waals surface area (Å²) in [5.41, 5.74) is 1.48. The Morgan fingerprint density at radius 2 is 1.93 bits per heavy atom. The molecule has 0 atom stereocenters. The summed E-state index contributed by atoms with van der Waals surface area (Å²) in [6.45, 7) is 4.61. The molecule has 0 radical (unpaired) electrons. The van der Waals surface area contributed by atoms with E-state index in [9.17, 15) is 4.79 Å². The molecule has 4 heterocycles. The fraction of sp³-hybridized carbons (Fsp3) is 0.316. The van der Waals surface area contributed by atoms with Crippen LogP contribution >= 0.6 is 0 Å². The van der Waals surface area contributed by atoms with Gasteiger partial charge in [-0.3, -0.25) is 9.78 Å². The third-order valence-electron chi connectivity index (χ3n) is 4.55. The summed E-state index contributed by atoms with van der Waals surface area (Å²) in [6.07, 6.45) is 5.90. The zero-order valence-electron chi connectivity index (χ0n) is 15.1. The summed E-state index contributed by atoms with van der Waals surface area (Å²) >= 11 is 0. The Hall–Kier alpha value is -3.29. The number of aromatic nitrogens is 4. The Kier molecular flexibility index (Phi) is 4.78. The molecule has 1 aliphatic rings. The van der Waals surface area contributed by atoms with Crippen LogP contribution in [0.15, 0.2) is 47.4 Å². The van der Waals surface area contributed by atoms with Crippen molar-refractivity contribution in [3.8, 4) is 11.5 Å². The quantitative estimate of drug-likeness (QED) is 0.704. The predicted octanol–water partition coefficient (Wildman–Crippen LogP) is 2.19. The van der Waals surface area contributed by atoms with E-state index in [1.54, 1.807) is 37.6 Å². The van der Waals surface area contributed by atoms with Gasteiger partial charge in [0.15, 0.2) is 5.82 Å². The van der Waals surface area contributed by atoms with E-state index >= 15 is 0 Å². The lowest BCUT2D eigenvalue weighted by molar-refractivity contribution is 0.0767. The molecule has 0 saturated carbocycles. The number of amides is 1.